The number of sulfonamides is 1. The van der Waals surface area contributed by atoms with Crippen LogP contribution in [0, 0.1) is 11.6 Å². The van der Waals surface area contributed by atoms with Crippen LogP contribution in [0.4, 0.5) is 14.5 Å². The molecule has 0 saturated carbocycles. The number of carbonyl (C=O) groups is 2. The van der Waals surface area contributed by atoms with Crippen LogP contribution in [0.15, 0.2) is 71.6 Å². The first-order chi connectivity index (χ1) is 15.2. The van der Waals surface area contributed by atoms with Crippen LogP contribution in [0.1, 0.15) is 20.7 Å². The van der Waals surface area contributed by atoms with Gasteiger partial charge in [0.25, 0.3) is 21.8 Å². The fourth-order valence-electron chi connectivity index (χ4n) is 2.61. The van der Waals surface area contributed by atoms with Crippen molar-refractivity contribution >= 4 is 27.5 Å². The van der Waals surface area contributed by atoms with Gasteiger partial charge in [-0.2, -0.15) is 0 Å². The van der Waals surface area contributed by atoms with Crippen LogP contribution in [0.3, 0.4) is 0 Å². The summed E-state index contributed by atoms with van der Waals surface area (Å²) in [5.74, 6) is -3.98. The van der Waals surface area contributed by atoms with Gasteiger partial charge in [0.15, 0.2) is 11.6 Å². The molecule has 0 aliphatic heterocycles. The van der Waals surface area contributed by atoms with Crippen molar-refractivity contribution in [1.29, 1.82) is 0 Å². The highest BCUT2D eigenvalue weighted by Crippen LogP contribution is 2.20. The molecule has 3 aromatic rings. The summed E-state index contributed by atoms with van der Waals surface area (Å²) in [6.07, 6.45) is 0. The number of ether oxygens (including phenoxy) is 1. The number of rotatable bonds is 6. The minimum Gasteiger partial charge on any atom is -0.497 e. The van der Waals surface area contributed by atoms with Crippen molar-refractivity contribution < 1.29 is 31.5 Å². The molecular formula is C21H17F2N3O5S. The fourth-order valence-corrected chi connectivity index (χ4v) is 3.71. The summed E-state index contributed by atoms with van der Waals surface area (Å²) in [6, 6.07) is 14.2. The monoisotopic (exact) mass is 461 g/mol. The first-order valence-electron chi connectivity index (χ1n) is 9.03. The SMILES string of the molecule is COc1ccc(NS(=O)(=O)c2cccc(C(=O)NNC(=O)c3cccc(F)c3F)c2)cc1. The summed E-state index contributed by atoms with van der Waals surface area (Å²) in [6.45, 7) is 0. The van der Waals surface area contributed by atoms with Crippen LogP contribution in [-0.2, 0) is 10.0 Å². The Kier molecular flexibility index (Phi) is 6.69. The van der Waals surface area contributed by atoms with Gasteiger partial charge in [0.1, 0.15) is 5.75 Å². The van der Waals surface area contributed by atoms with Gasteiger partial charge < -0.3 is 4.74 Å². The molecule has 8 nitrogen and oxygen atoms in total. The maximum absolute atomic E-state index is 13.7. The highest BCUT2D eigenvalue weighted by atomic mass is 32.2. The average molecular weight is 461 g/mol. The highest BCUT2D eigenvalue weighted by Gasteiger charge is 2.18. The van der Waals surface area contributed by atoms with E-state index < -0.39 is 39.0 Å². The first kappa shape index (κ1) is 22.7. The molecular weight excluding hydrogens is 444 g/mol. The van der Waals surface area contributed by atoms with E-state index in [2.05, 4.69) is 4.72 Å². The molecule has 0 bridgehead atoms. The number of methoxy groups -OCH3 is 1. The van der Waals surface area contributed by atoms with E-state index in [0.29, 0.717) is 5.75 Å². The van der Waals surface area contributed by atoms with Crippen LogP contribution in [0.25, 0.3) is 0 Å². The van der Waals surface area contributed by atoms with Crippen molar-refractivity contribution in [3.05, 3.63) is 89.5 Å². The third-order valence-electron chi connectivity index (χ3n) is 4.23. The van der Waals surface area contributed by atoms with Crippen LogP contribution in [-0.4, -0.2) is 27.3 Å². The summed E-state index contributed by atoms with van der Waals surface area (Å²) >= 11 is 0. The molecule has 0 atom stereocenters. The number of benzene rings is 3. The lowest BCUT2D eigenvalue weighted by Gasteiger charge is -2.11. The smallest absolute Gasteiger partial charge is 0.272 e. The molecule has 0 heterocycles. The number of hydrogen-bond acceptors (Lipinski definition) is 5. The quantitative estimate of drug-likeness (QED) is 0.489. The lowest BCUT2D eigenvalue weighted by atomic mass is 10.2. The first-order valence-corrected chi connectivity index (χ1v) is 10.5. The van der Waals surface area contributed by atoms with Gasteiger partial charge in [-0.15, -0.1) is 0 Å². The van der Waals surface area contributed by atoms with Crippen molar-refractivity contribution in [3.8, 4) is 5.75 Å². The summed E-state index contributed by atoms with van der Waals surface area (Å²) in [4.78, 5) is 24.1. The minimum absolute atomic E-state index is 0.0948. The molecule has 0 spiro atoms. The maximum atomic E-state index is 13.7. The van der Waals surface area contributed by atoms with Crippen LogP contribution in [0.2, 0.25) is 0 Å². The second-order valence-corrected chi connectivity index (χ2v) is 8.05. The summed E-state index contributed by atoms with van der Waals surface area (Å²) in [5.41, 5.74) is 3.56. The van der Waals surface area contributed by atoms with Crippen LogP contribution in [0.5, 0.6) is 5.75 Å². The highest BCUT2D eigenvalue weighted by molar-refractivity contribution is 7.92. The molecule has 0 fully saturated rings. The Labute approximate surface area is 182 Å². The maximum Gasteiger partial charge on any atom is 0.272 e. The van der Waals surface area contributed by atoms with Crippen molar-refractivity contribution in [2.45, 2.75) is 4.90 Å². The van der Waals surface area contributed by atoms with E-state index in [1.54, 1.807) is 12.1 Å². The molecule has 2 amide bonds. The summed E-state index contributed by atoms with van der Waals surface area (Å²) in [5, 5.41) is 0. The zero-order valence-electron chi connectivity index (χ0n) is 16.6. The average Bonchev–Trinajstić information content (AvgIpc) is 2.79. The van der Waals surface area contributed by atoms with Gasteiger partial charge in [-0.1, -0.05) is 12.1 Å². The van der Waals surface area contributed by atoms with E-state index in [1.807, 2.05) is 10.9 Å². The summed E-state index contributed by atoms with van der Waals surface area (Å²) in [7, 11) is -2.54. The molecule has 0 radical (unpaired) electrons. The van der Waals surface area contributed by atoms with E-state index in [9.17, 15) is 26.8 Å². The number of hydrogen-bond donors (Lipinski definition) is 3. The van der Waals surface area contributed by atoms with E-state index in [0.717, 1.165) is 24.3 Å². The lowest BCUT2D eigenvalue weighted by Crippen LogP contribution is -2.42. The van der Waals surface area contributed by atoms with E-state index >= 15 is 0 Å². The fraction of sp³-hybridized carbons (Fsp3) is 0.0476. The molecule has 0 saturated heterocycles. The summed E-state index contributed by atoms with van der Waals surface area (Å²) < 4.78 is 59.6. The second kappa shape index (κ2) is 9.43. The number of amides is 2. The van der Waals surface area contributed by atoms with Crippen molar-refractivity contribution in [2.24, 2.45) is 0 Å². The third kappa shape index (κ3) is 5.19. The Morgan fingerprint density at radius 1 is 0.875 bits per heavy atom. The lowest BCUT2D eigenvalue weighted by molar-refractivity contribution is 0.0843. The molecule has 0 aromatic heterocycles. The van der Waals surface area contributed by atoms with Crippen molar-refractivity contribution in [3.63, 3.8) is 0 Å². The topological polar surface area (TPSA) is 114 Å². The molecule has 0 unspecified atom stereocenters. The molecule has 166 valence electrons. The van der Waals surface area contributed by atoms with Gasteiger partial charge in [-0.3, -0.25) is 25.2 Å². The number of nitrogens with one attached hydrogen (secondary N) is 3. The van der Waals surface area contributed by atoms with E-state index in [1.165, 1.54) is 37.4 Å². The number of hydrazine groups is 1. The van der Waals surface area contributed by atoms with Crippen molar-refractivity contribution in [1.82, 2.24) is 10.9 Å². The number of anilines is 1. The molecule has 11 heteroatoms. The molecule has 0 aliphatic carbocycles. The van der Waals surface area contributed by atoms with Gasteiger partial charge in [0.2, 0.25) is 0 Å². The number of halogens is 2. The molecule has 3 aromatic carbocycles. The molecule has 3 rings (SSSR count). The number of carbonyl (C=O) groups excluding carboxylic acids is 2. The Bertz CT molecular complexity index is 1260. The normalized spacial score (nSPS) is 10.8. The molecule has 32 heavy (non-hydrogen) atoms. The van der Waals surface area contributed by atoms with Gasteiger partial charge in [0.05, 0.1) is 17.6 Å². The minimum atomic E-state index is -4.02. The van der Waals surface area contributed by atoms with E-state index in [-0.39, 0.29) is 16.1 Å². The zero-order chi connectivity index (χ0) is 23.3. The Morgan fingerprint density at radius 3 is 2.22 bits per heavy atom. The van der Waals surface area contributed by atoms with Gasteiger partial charge in [-0.05, 0) is 54.6 Å². The third-order valence-corrected chi connectivity index (χ3v) is 5.61. The largest absolute Gasteiger partial charge is 0.497 e. The van der Waals surface area contributed by atoms with Gasteiger partial charge >= 0.3 is 0 Å². The van der Waals surface area contributed by atoms with E-state index in [4.69, 9.17) is 4.74 Å². The standard InChI is InChI=1S/C21H17F2N3O5S/c1-31-15-10-8-14(9-11-15)26-32(29,30)16-5-2-4-13(12-16)20(27)24-25-21(28)17-6-3-7-18(22)19(17)23/h2-12,26H,1H3,(H,24,27)(H,25,28). The molecule has 0 aliphatic rings. The predicted molar refractivity (Wildman–Crippen MR) is 112 cm³/mol. The van der Waals surface area contributed by atoms with Crippen LogP contribution >= 0.6 is 0 Å². The molecule has 3 N–H and O–H groups in total. The second-order valence-electron chi connectivity index (χ2n) is 6.37. The Hall–Kier alpha value is -3.99. The predicted octanol–water partition coefficient (Wildman–Crippen LogP) is 2.85. The van der Waals surface area contributed by atoms with Crippen LogP contribution < -0.4 is 20.3 Å². The van der Waals surface area contributed by atoms with Gasteiger partial charge in [0, 0.05) is 11.3 Å². The Morgan fingerprint density at radius 2 is 1.53 bits per heavy atom. The van der Waals surface area contributed by atoms with Crippen molar-refractivity contribution in [2.75, 3.05) is 11.8 Å². The zero-order valence-corrected chi connectivity index (χ0v) is 17.4. The Balaban J connectivity index is 1.70. The van der Waals surface area contributed by atoms with Gasteiger partial charge in [-0.25, -0.2) is 17.2 Å².